The molecule has 2 rings (SSSR count). The molecule has 1 aromatic rings. The van der Waals surface area contributed by atoms with Gasteiger partial charge >= 0.3 is 0 Å². The molecule has 1 aromatic heterocycles. The van der Waals surface area contributed by atoms with Gasteiger partial charge in [-0.05, 0) is 39.5 Å². The number of nitrogens with zero attached hydrogens (tertiary/aromatic N) is 3. The predicted octanol–water partition coefficient (Wildman–Crippen LogP) is 2.76. The molecule has 21 heavy (non-hydrogen) atoms. The third-order valence-electron chi connectivity index (χ3n) is 4.07. The van der Waals surface area contributed by atoms with Gasteiger partial charge in [0.25, 0.3) is 0 Å². The van der Waals surface area contributed by atoms with E-state index in [0.29, 0.717) is 12.0 Å². The van der Waals surface area contributed by atoms with E-state index in [9.17, 15) is 0 Å². The molecule has 2 atom stereocenters. The molecule has 0 amide bonds. The largest absolute Gasteiger partial charge is 0.376 e. The lowest BCUT2D eigenvalue weighted by Crippen LogP contribution is -2.35. The first-order valence-corrected chi connectivity index (χ1v) is 8.20. The highest BCUT2D eigenvalue weighted by atomic mass is 16.5. The molecule has 120 valence electrons. The van der Waals surface area contributed by atoms with Gasteiger partial charge < -0.3 is 10.1 Å². The summed E-state index contributed by atoms with van der Waals surface area (Å²) >= 11 is 0. The van der Waals surface area contributed by atoms with Crippen LogP contribution in [-0.2, 0) is 17.8 Å². The average Bonchev–Trinajstić information content (AvgIpc) is 2.86. The van der Waals surface area contributed by atoms with Crippen LogP contribution in [0.4, 0.5) is 0 Å². The Labute approximate surface area is 128 Å². The van der Waals surface area contributed by atoms with E-state index in [1.807, 2.05) is 10.9 Å². The average molecular weight is 294 g/mol. The van der Waals surface area contributed by atoms with Crippen molar-refractivity contribution in [1.29, 1.82) is 0 Å². The fraction of sp³-hybridized carbons (Fsp3) is 0.875. The van der Waals surface area contributed by atoms with Crippen molar-refractivity contribution < 1.29 is 4.74 Å². The molecule has 0 aliphatic heterocycles. The van der Waals surface area contributed by atoms with Gasteiger partial charge in [-0.2, -0.15) is 0 Å². The summed E-state index contributed by atoms with van der Waals surface area (Å²) in [6, 6.07) is 0. The zero-order valence-corrected chi connectivity index (χ0v) is 13.9. The molecule has 0 spiro atoms. The summed E-state index contributed by atoms with van der Waals surface area (Å²) in [6.45, 7) is 11.0. The summed E-state index contributed by atoms with van der Waals surface area (Å²) in [7, 11) is 0. The summed E-state index contributed by atoms with van der Waals surface area (Å²) in [5.74, 6) is 0.695. The maximum Gasteiger partial charge on any atom is 0.0965 e. The van der Waals surface area contributed by atoms with Crippen LogP contribution in [0.25, 0.3) is 0 Å². The van der Waals surface area contributed by atoms with Crippen LogP contribution in [0.1, 0.15) is 59.1 Å². The quantitative estimate of drug-likeness (QED) is 0.876. The fourth-order valence-electron chi connectivity index (χ4n) is 2.71. The number of hydrogen-bond donors (Lipinski definition) is 1. The van der Waals surface area contributed by atoms with E-state index in [4.69, 9.17) is 4.74 Å². The Kier molecular flexibility index (Phi) is 5.76. The van der Waals surface area contributed by atoms with Crippen LogP contribution in [0.15, 0.2) is 6.20 Å². The van der Waals surface area contributed by atoms with E-state index >= 15 is 0 Å². The molecule has 1 heterocycles. The predicted molar refractivity (Wildman–Crippen MR) is 84.0 cm³/mol. The van der Waals surface area contributed by atoms with Gasteiger partial charge in [-0.1, -0.05) is 25.0 Å². The van der Waals surface area contributed by atoms with Crippen LogP contribution >= 0.6 is 0 Å². The van der Waals surface area contributed by atoms with Gasteiger partial charge in [0.05, 0.1) is 24.9 Å². The zero-order chi connectivity index (χ0) is 15.3. The minimum atomic E-state index is 0.101. The van der Waals surface area contributed by atoms with Crippen LogP contribution in [-0.4, -0.2) is 33.2 Å². The standard InChI is InChI=1S/C16H30N4O/c1-13-7-5-6-8-15(13)21-10-9-20-12-14(18-19-20)11-17-16(2,3)4/h12-13,15,17H,5-11H2,1-4H3. The topological polar surface area (TPSA) is 52.0 Å². The van der Waals surface area contributed by atoms with Gasteiger partial charge in [-0.25, -0.2) is 4.68 Å². The minimum Gasteiger partial charge on any atom is -0.376 e. The van der Waals surface area contributed by atoms with Gasteiger partial charge in [0.2, 0.25) is 0 Å². The van der Waals surface area contributed by atoms with Crippen molar-refractivity contribution in [3.63, 3.8) is 0 Å². The third-order valence-corrected chi connectivity index (χ3v) is 4.07. The highest BCUT2D eigenvalue weighted by Gasteiger charge is 2.21. The van der Waals surface area contributed by atoms with Crippen molar-refractivity contribution in [2.75, 3.05) is 6.61 Å². The molecule has 5 heteroatoms. The molecule has 0 aromatic carbocycles. The SMILES string of the molecule is CC1CCCCC1OCCn1cc(CNC(C)(C)C)nn1. The molecule has 2 unspecified atom stereocenters. The van der Waals surface area contributed by atoms with E-state index in [1.165, 1.54) is 25.7 Å². The number of aromatic nitrogens is 3. The lowest BCUT2D eigenvalue weighted by atomic mass is 9.88. The number of ether oxygens (including phenoxy) is 1. The summed E-state index contributed by atoms with van der Waals surface area (Å²) in [4.78, 5) is 0. The molecule has 1 fully saturated rings. The van der Waals surface area contributed by atoms with Gasteiger partial charge in [0.1, 0.15) is 0 Å². The molecular formula is C16H30N4O. The highest BCUT2D eigenvalue weighted by Crippen LogP contribution is 2.26. The maximum absolute atomic E-state index is 6.02. The summed E-state index contributed by atoms with van der Waals surface area (Å²) in [5.41, 5.74) is 1.08. The summed E-state index contributed by atoms with van der Waals surface area (Å²) in [5, 5.41) is 11.8. The molecule has 1 saturated carbocycles. The lowest BCUT2D eigenvalue weighted by Gasteiger charge is -2.28. The Bertz CT molecular complexity index is 424. The van der Waals surface area contributed by atoms with E-state index < -0.39 is 0 Å². The first-order chi connectivity index (χ1) is 9.94. The fourth-order valence-corrected chi connectivity index (χ4v) is 2.71. The Hall–Kier alpha value is -0.940. The molecule has 1 aliphatic rings. The van der Waals surface area contributed by atoms with Crippen molar-refractivity contribution in [2.24, 2.45) is 5.92 Å². The van der Waals surface area contributed by atoms with Crippen LogP contribution in [0.5, 0.6) is 0 Å². The first-order valence-electron chi connectivity index (χ1n) is 8.20. The summed E-state index contributed by atoms with van der Waals surface area (Å²) < 4.78 is 7.90. The minimum absolute atomic E-state index is 0.101. The van der Waals surface area contributed by atoms with E-state index in [0.717, 1.165) is 25.4 Å². The van der Waals surface area contributed by atoms with Crippen LogP contribution in [0, 0.1) is 5.92 Å². The second kappa shape index (κ2) is 7.36. The number of hydrogen-bond acceptors (Lipinski definition) is 4. The Morgan fingerprint density at radius 2 is 2.10 bits per heavy atom. The van der Waals surface area contributed by atoms with Crippen molar-refractivity contribution in [1.82, 2.24) is 20.3 Å². The van der Waals surface area contributed by atoms with Gasteiger partial charge in [0, 0.05) is 18.3 Å². The van der Waals surface area contributed by atoms with Crippen LogP contribution in [0.2, 0.25) is 0 Å². The molecule has 0 bridgehead atoms. The Morgan fingerprint density at radius 3 is 2.81 bits per heavy atom. The van der Waals surface area contributed by atoms with Crippen molar-refractivity contribution in [3.05, 3.63) is 11.9 Å². The molecule has 5 nitrogen and oxygen atoms in total. The van der Waals surface area contributed by atoms with Crippen molar-refractivity contribution in [3.8, 4) is 0 Å². The number of rotatable bonds is 6. The Balaban J connectivity index is 1.70. The Morgan fingerprint density at radius 1 is 1.33 bits per heavy atom. The smallest absolute Gasteiger partial charge is 0.0965 e. The normalized spacial score (nSPS) is 23.4. The van der Waals surface area contributed by atoms with Gasteiger partial charge in [-0.15, -0.1) is 5.10 Å². The first kappa shape index (κ1) is 16.4. The second-order valence-electron chi connectivity index (χ2n) is 7.25. The highest BCUT2D eigenvalue weighted by molar-refractivity contribution is 4.93. The molecule has 0 saturated heterocycles. The maximum atomic E-state index is 6.02. The van der Waals surface area contributed by atoms with Gasteiger partial charge in [0.15, 0.2) is 0 Å². The summed E-state index contributed by atoms with van der Waals surface area (Å²) in [6.07, 6.45) is 7.61. The molecule has 1 aliphatic carbocycles. The number of nitrogens with one attached hydrogen (secondary N) is 1. The lowest BCUT2D eigenvalue weighted by molar-refractivity contribution is -0.00944. The molecular weight excluding hydrogens is 264 g/mol. The van der Waals surface area contributed by atoms with Crippen molar-refractivity contribution >= 4 is 0 Å². The van der Waals surface area contributed by atoms with Crippen LogP contribution < -0.4 is 5.32 Å². The molecule has 1 N–H and O–H groups in total. The van der Waals surface area contributed by atoms with E-state index in [2.05, 4.69) is 43.3 Å². The molecule has 0 radical (unpaired) electrons. The van der Waals surface area contributed by atoms with Crippen molar-refractivity contribution in [2.45, 2.75) is 78.1 Å². The second-order valence-corrected chi connectivity index (χ2v) is 7.25. The van der Waals surface area contributed by atoms with E-state index in [1.54, 1.807) is 0 Å². The van der Waals surface area contributed by atoms with Gasteiger partial charge in [-0.3, -0.25) is 0 Å². The third kappa shape index (κ3) is 5.75. The van der Waals surface area contributed by atoms with Crippen LogP contribution in [0.3, 0.4) is 0 Å². The monoisotopic (exact) mass is 294 g/mol. The van der Waals surface area contributed by atoms with E-state index in [-0.39, 0.29) is 5.54 Å². The zero-order valence-electron chi connectivity index (χ0n) is 13.9.